The number of aryl methyl sites for hydroxylation is 1. The Morgan fingerprint density at radius 3 is 2.80 bits per heavy atom. The lowest BCUT2D eigenvalue weighted by Gasteiger charge is -2.07. The lowest BCUT2D eigenvalue weighted by molar-refractivity contribution is 0.263. The summed E-state index contributed by atoms with van der Waals surface area (Å²) in [6.07, 6.45) is 3.21. The molecule has 0 aliphatic heterocycles. The van der Waals surface area contributed by atoms with Crippen LogP contribution in [0.1, 0.15) is 30.3 Å². The summed E-state index contributed by atoms with van der Waals surface area (Å²) in [6.45, 7) is -0.0471. The Balaban J connectivity index is 1.64. The molecule has 1 fully saturated rings. The molecule has 1 saturated carbocycles. The van der Waals surface area contributed by atoms with E-state index >= 15 is 0 Å². The SMILES string of the molecule is OCc1nnc(SCCc2ccccc2Cl)n1C1CC1. The maximum absolute atomic E-state index is 9.30. The maximum Gasteiger partial charge on any atom is 0.191 e. The molecule has 0 spiro atoms. The van der Waals surface area contributed by atoms with Crippen molar-refractivity contribution in [1.82, 2.24) is 14.8 Å². The average Bonchev–Trinajstić information content (AvgIpc) is 3.22. The Kier molecular flexibility index (Phi) is 4.29. The third kappa shape index (κ3) is 3.00. The van der Waals surface area contributed by atoms with Gasteiger partial charge in [-0.2, -0.15) is 0 Å². The van der Waals surface area contributed by atoms with Crippen molar-refractivity contribution in [2.45, 2.75) is 37.1 Å². The minimum atomic E-state index is -0.0471. The second-order valence-electron chi connectivity index (χ2n) is 4.85. The summed E-state index contributed by atoms with van der Waals surface area (Å²) >= 11 is 7.82. The molecule has 20 heavy (non-hydrogen) atoms. The molecule has 3 rings (SSSR count). The van der Waals surface area contributed by atoms with Crippen molar-refractivity contribution in [3.8, 4) is 0 Å². The topological polar surface area (TPSA) is 50.9 Å². The van der Waals surface area contributed by atoms with Gasteiger partial charge in [0, 0.05) is 16.8 Å². The van der Waals surface area contributed by atoms with Crippen LogP contribution in [0.2, 0.25) is 5.02 Å². The highest BCUT2D eigenvalue weighted by Gasteiger charge is 2.29. The fourth-order valence-corrected chi connectivity index (χ4v) is 3.39. The summed E-state index contributed by atoms with van der Waals surface area (Å²) in [6, 6.07) is 8.39. The smallest absolute Gasteiger partial charge is 0.191 e. The number of aliphatic hydroxyl groups excluding tert-OH is 1. The predicted octanol–water partition coefficient (Wildman–Crippen LogP) is 3.09. The first kappa shape index (κ1) is 13.9. The van der Waals surface area contributed by atoms with Crippen LogP contribution in [0, 0.1) is 0 Å². The number of thioether (sulfide) groups is 1. The van der Waals surface area contributed by atoms with E-state index in [-0.39, 0.29) is 6.61 Å². The molecule has 0 atom stereocenters. The van der Waals surface area contributed by atoms with Gasteiger partial charge in [0.25, 0.3) is 0 Å². The van der Waals surface area contributed by atoms with Crippen LogP contribution < -0.4 is 0 Å². The molecule has 1 aromatic heterocycles. The van der Waals surface area contributed by atoms with Gasteiger partial charge in [0.15, 0.2) is 11.0 Å². The summed E-state index contributed by atoms with van der Waals surface area (Å²) < 4.78 is 2.08. The molecule has 0 bridgehead atoms. The normalized spacial score (nSPS) is 14.7. The van der Waals surface area contributed by atoms with Gasteiger partial charge in [-0.15, -0.1) is 10.2 Å². The molecule has 1 N–H and O–H groups in total. The van der Waals surface area contributed by atoms with Crippen molar-refractivity contribution in [2.75, 3.05) is 5.75 Å². The van der Waals surface area contributed by atoms with Gasteiger partial charge < -0.3 is 9.67 Å². The molecule has 1 aliphatic carbocycles. The van der Waals surface area contributed by atoms with Crippen LogP contribution in [0.4, 0.5) is 0 Å². The first-order chi connectivity index (χ1) is 9.79. The van der Waals surface area contributed by atoms with Gasteiger partial charge in [-0.25, -0.2) is 0 Å². The zero-order valence-electron chi connectivity index (χ0n) is 11.0. The third-order valence-electron chi connectivity index (χ3n) is 3.35. The number of hydrogen-bond acceptors (Lipinski definition) is 4. The van der Waals surface area contributed by atoms with E-state index < -0.39 is 0 Å². The highest BCUT2D eigenvalue weighted by Crippen LogP contribution is 2.38. The quantitative estimate of drug-likeness (QED) is 0.833. The number of aromatic nitrogens is 3. The number of hydrogen-bond donors (Lipinski definition) is 1. The van der Waals surface area contributed by atoms with Crippen LogP contribution in [-0.4, -0.2) is 25.6 Å². The van der Waals surface area contributed by atoms with Crippen molar-refractivity contribution in [3.63, 3.8) is 0 Å². The van der Waals surface area contributed by atoms with Crippen LogP contribution in [0.5, 0.6) is 0 Å². The molecule has 0 radical (unpaired) electrons. The van der Waals surface area contributed by atoms with Crippen LogP contribution in [-0.2, 0) is 13.0 Å². The largest absolute Gasteiger partial charge is 0.388 e. The first-order valence-electron chi connectivity index (χ1n) is 6.70. The molecule has 0 unspecified atom stereocenters. The maximum atomic E-state index is 9.30. The van der Waals surface area contributed by atoms with Crippen molar-refractivity contribution in [2.24, 2.45) is 0 Å². The molecule has 1 aliphatic rings. The first-order valence-corrected chi connectivity index (χ1v) is 8.07. The molecule has 2 aromatic rings. The Labute approximate surface area is 127 Å². The van der Waals surface area contributed by atoms with Crippen LogP contribution in [0.3, 0.4) is 0 Å². The number of nitrogens with zero attached hydrogens (tertiary/aromatic N) is 3. The van der Waals surface area contributed by atoms with Crippen molar-refractivity contribution in [1.29, 1.82) is 0 Å². The Morgan fingerprint density at radius 2 is 2.10 bits per heavy atom. The molecule has 4 nitrogen and oxygen atoms in total. The number of benzene rings is 1. The highest BCUT2D eigenvalue weighted by atomic mass is 35.5. The Bertz CT molecular complexity index is 598. The second-order valence-corrected chi connectivity index (χ2v) is 6.32. The van der Waals surface area contributed by atoms with Crippen molar-refractivity contribution in [3.05, 3.63) is 40.7 Å². The van der Waals surface area contributed by atoms with Crippen LogP contribution in [0.25, 0.3) is 0 Å². The summed E-state index contributed by atoms with van der Waals surface area (Å²) in [7, 11) is 0. The minimum Gasteiger partial charge on any atom is -0.388 e. The van der Waals surface area contributed by atoms with Crippen molar-refractivity contribution >= 4 is 23.4 Å². The van der Waals surface area contributed by atoms with Gasteiger partial charge in [0.1, 0.15) is 6.61 Å². The van der Waals surface area contributed by atoms with E-state index in [0.29, 0.717) is 11.9 Å². The second kappa shape index (κ2) is 6.16. The van der Waals surface area contributed by atoms with E-state index in [1.165, 1.54) is 0 Å². The zero-order chi connectivity index (χ0) is 13.9. The Morgan fingerprint density at radius 1 is 1.30 bits per heavy atom. The monoisotopic (exact) mass is 309 g/mol. The van der Waals surface area contributed by atoms with Gasteiger partial charge in [-0.3, -0.25) is 0 Å². The van der Waals surface area contributed by atoms with Crippen molar-refractivity contribution < 1.29 is 5.11 Å². The fraction of sp³-hybridized carbons (Fsp3) is 0.429. The van der Waals surface area contributed by atoms with E-state index in [9.17, 15) is 5.11 Å². The molecule has 6 heteroatoms. The molecule has 0 amide bonds. The summed E-state index contributed by atoms with van der Waals surface area (Å²) in [5.74, 6) is 1.58. The molecular formula is C14H16ClN3OS. The fourth-order valence-electron chi connectivity index (χ4n) is 2.17. The van der Waals surface area contributed by atoms with E-state index in [1.807, 2.05) is 24.3 Å². The van der Waals surface area contributed by atoms with E-state index in [2.05, 4.69) is 14.8 Å². The van der Waals surface area contributed by atoms with Gasteiger partial charge in [0.2, 0.25) is 0 Å². The van der Waals surface area contributed by atoms with Gasteiger partial charge in [-0.1, -0.05) is 41.6 Å². The third-order valence-corrected chi connectivity index (χ3v) is 4.66. The summed E-state index contributed by atoms with van der Waals surface area (Å²) in [5, 5.41) is 19.3. The molecule has 0 saturated heterocycles. The predicted molar refractivity (Wildman–Crippen MR) is 80.1 cm³/mol. The van der Waals surface area contributed by atoms with Gasteiger partial charge >= 0.3 is 0 Å². The van der Waals surface area contributed by atoms with E-state index in [1.54, 1.807) is 11.8 Å². The number of aliphatic hydroxyl groups is 1. The van der Waals surface area contributed by atoms with E-state index in [0.717, 1.165) is 40.8 Å². The van der Waals surface area contributed by atoms with Crippen LogP contribution in [0.15, 0.2) is 29.4 Å². The standard InChI is InChI=1S/C14H16ClN3OS/c15-12-4-2-1-3-10(12)7-8-20-14-17-16-13(9-19)18(14)11-5-6-11/h1-4,11,19H,5-9H2. The minimum absolute atomic E-state index is 0.0471. The summed E-state index contributed by atoms with van der Waals surface area (Å²) in [5.41, 5.74) is 1.15. The Hall–Kier alpha value is -1.04. The van der Waals surface area contributed by atoms with Crippen LogP contribution >= 0.6 is 23.4 Å². The average molecular weight is 310 g/mol. The summed E-state index contributed by atoms with van der Waals surface area (Å²) in [4.78, 5) is 0. The molecule has 1 aromatic carbocycles. The number of halogens is 1. The molecular weight excluding hydrogens is 294 g/mol. The lowest BCUT2D eigenvalue weighted by atomic mass is 10.2. The zero-order valence-corrected chi connectivity index (χ0v) is 12.6. The van der Waals surface area contributed by atoms with Gasteiger partial charge in [-0.05, 0) is 30.9 Å². The number of rotatable bonds is 6. The molecule has 106 valence electrons. The molecule has 1 heterocycles. The highest BCUT2D eigenvalue weighted by molar-refractivity contribution is 7.99. The van der Waals surface area contributed by atoms with Gasteiger partial charge in [0.05, 0.1) is 0 Å². The lowest BCUT2D eigenvalue weighted by Crippen LogP contribution is -2.03. The van der Waals surface area contributed by atoms with E-state index in [4.69, 9.17) is 11.6 Å².